The molecule has 0 radical (unpaired) electrons. The fourth-order valence-corrected chi connectivity index (χ4v) is 1.05. The maximum absolute atomic E-state index is 10.8. The largest absolute Gasteiger partial charge is 0.354 e. The van der Waals surface area contributed by atoms with Crippen LogP contribution in [-0.2, 0) is 4.79 Å². The second-order valence-corrected chi connectivity index (χ2v) is 2.64. The van der Waals surface area contributed by atoms with Gasteiger partial charge in [-0.25, -0.2) is 0 Å². The molecule has 9 heavy (non-hydrogen) atoms. The highest BCUT2D eigenvalue weighted by molar-refractivity contribution is 5.79. The van der Waals surface area contributed by atoms with Crippen LogP contribution in [0.4, 0.5) is 0 Å². The first kappa shape index (κ1) is 6.55. The SMILES string of the molecule is CC1CC(N)CNC1=O. The van der Waals surface area contributed by atoms with E-state index in [1.54, 1.807) is 0 Å². The molecule has 0 aromatic carbocycles. The van der Waals surface area contributed by atoms with Gasteiger partial charge in [-0.05, 0) is 6.42 Å². The third-order valence-corrected chi connectivity index (χ3v) is 1.64. The fraction of sp³-hybridized carbons (Fsp3) is 0.833. The molecule has 2 atom stereocenters. The summed E-state index contributed by atoms with van der Waals surface area (Å²) in [4.78, 5) is 10.8. The lowest BCUT2D eigenvalue weighted by Crippen LogP contribution is -2.46. The van der Waals surface area contributed by atoms with Gasteiger partial charge >= 0.3 is 0 Å². The summed E-state index contributed by atoms with van der Waals surface area (Å²) < 4.78 is 0. The van der Waals surface area contributed by atoms with Gasteiger partial charge in [0.05, 0.1) is 0 Å². The van der Waals surface area contributed by atoms with E-state index in [4.69, 9.17) is 5.73 Å². The van der Waals surface area contributed by atoms with Crippen molar-refractivity contribution < 1.29 is 4.79 Å². The van der Waals surface area contributed by atoms with Gasteiger partial charge in [-0.2, -0.15) is 0 Å². The van der Waals surface area contributed by atoms with E-state index in [1.165, 1.54) is 0 Å². The molecule has 1 rings (SSSR count). The third kappa shape index (κ3) is 1.42. The number of piperidine rings is 1. The number of hydrogen-bond donors (Lipinski definition) is 2. The molecule has 3 heteroatoms. The van der Waals surface area contributed by atoms with E-state index in [0.29, 0.717) is 6.54 Å². The van der Waals surface area contributed by atoms with Crippen LogP contribution in [0.15, 0.2) is 0 Å². The zero-order valence-corrected chi connectivity index (χ0v) is 5.55. The topological polar surface area (TPSA) is 55.1 Å². The van der Waals surface area contributed by atoms with Crippen molar-refractivity contribution in [2.24, 2.45) is 11.7 Å². The Kier molecular flexibility index (Phi) is 1.71. The first-order chi connectivity index (χ1) is 4.20. The molecular formula is C6H12N2O. The van der Waals surface area contributed by atoms with Crippen molar-refractivity contribution >= 4 is 5.91 Å². The Bertz CT molecular complexity index is 124. The van der Waals surface area contributed by atoms with Gasteiger partial charge in [0.25, 0.3) is 0 Å². The summed E-state index contributed by atoms with van der Waals surface area (Å²) >= 11 is 0. The molecule has 1 fully saturated rings. The van der Waals surface area contributed by atoms with Crippen LogP contribution in [0.25, 0.3) is 0 Å². The zero-order valence-electron chi connectivity index (χ0n) is 5.55. The quantitative estimate of drug-likeness (QED) is 0.461. The minimum Gasteiger partial charge on any atom is -0.354 e. The van der Waals surface area contributed by atoms with E-state index < -0.39 is 0 Å². The molecule has 1 aliphatic heterocycles. The number of nitrogens with one attached hydrogen (secondary N) is 1. The van der Waals surface area contributed by atoms with E-state index in [-0.39, 0.29) is 17.9 Å². The molecule has 1 amide bonds. The fourth-order valence-electron chi connectivity index (χ4n) is 1.05. The normalized spacial score (nSPS) is 36.0. The van der Waals surface area contributed by atoms with Crippen molar-refractivity contribution in [3.8, 4) is 0 Å². The Morgan fingerprint density at radius 1 is 1.78 bits per heavy atom. The standard InChI is InChI=1S/C6H12N2O/c1-4-2-5(7)3-8-6(4)9/h4-5H,2-3,7H2,1H3,(H,8,9). The first-order valence-corrected chi connectivity index (χ1v) is 3.23. The van der Waals surface area contributed by atoms with Crippen LogP contribution in [0.1, 0.15) is 13.3 Å². The van der Waals surface area contributed by atoms with Crippen LogP contribution in [0.3, 0.4) is 0 Å². The number of hydrogen-bond acceptors (Lipinski definition) is 2. The second kappa shape index (κ2) is 2.35. The molecule has 2 unspecified atom stereocenters. The van der Waals surface area contributed by atoms with Crippen molar-refractivity contribution in [1.29, 1.82) is 0 Å². The van der Waals surface area contributed by atoms with Crippen molar-refractivity contribution in [3.63, 3.8) is 0 Å². The Hall–Kier alpha value is -0.570. The average molecular weight is 128 g/mol. The van der Waals surface area contributed by atoms with Gasteiger partial charge in [0, 0.05) is 18.5 Å². The minimum absolute atomic E-state index is 0.105. The predicted octanol–water partition coefficient (Wildman–Crippen LogP) is -0.530. The van der Waals surface area contributed by atoms with Crippen LogP contribution in [0.2, 0.25) is 0 Å². The average Bonchev–Trinajstić information content (AvgIpc) is 1.80. The maximum atomic E-state index is 10.8. The molecule has 0 aliphatic carbocycles. The Morgan fingerprint density at radius 2 is 2.44 bits per heavy atom. The van der Waals surface area contributed by atoms with Gasteiger partial charge in [0.2, 0.25) is 5.91 Å². The maximum Gasteiger partial charge on any atom is 0.222 e. The van der Waals surface area contributed by atoms with Crippen LogP contribution in [0.5, 0.6) is 0 Å². The van der Waals surface area contributed by atoms with Crippen molar-refractivity contribution in [1.82, 2.24) is 5.32 Å². The van der Waals surface area contributed by atoms with Gasteiger partial charge < -0.3 is 11.1 Å². The summed E-state index contributed by atoms with van der Waals surface area (Å²) in [6, 6.07) is 0.165. The highest BCUT2D eigenvalue weighted by Crippen LogP contribution is 2.08. The summed E-state index contributed by atoms with van der Waals surface area (Å²) in [5.74, 6) is 0.241. The monoisotopic (exact) mass is 128 g/mol. The Labute approximate surface area is 54.6 Å². The molecule has 1 aliphatic rings. The number of carbonyl (C=O) groups is 1. The Morgan fingerprint density at radius 3 is 2.89 bits per heavy atom. The lowest BCUT2D eigenvalue weighted by atomic mass is 9.98. The van der Waals surface area contributed by atoms with Gasteiger partial charge in [0.15, 0.2) is 0 Å². The summed E-state index contributed by atoms with van der Waals surface area (Å²) in [5, 5.41) is 2.72. The highest BCUT2D eigenvalue weighted by atomic mass is 16.1. The number of rotatable bonds is 0. The molecule has 1 heterocycles. The molecule has 52 valence electrons. The molecule has 1 saturated heterocycles. The van der Waals surface area contributed by atoms with Gasteiger partial charge in [0.1, 0.15) is 0 Å². The lowest BCUT2D eigenvalue weighted by molar-refractivity contribution is -0.126. The summed E-state index contributed by atoms with van der Waals surface area (Å²) in [5.41, 5.74) is 5.57. The minimum atomic E-state index is 0.105. The van der Waals surface area contributed by atoms with E-state index in [1.807, 2.05) is 6.92 Å². The number of amides is 1. The van der Waals surface area contributed by atoms with E-state index >= 15 is 0 Å². The highest BCUT2D eigenvalue weighted by Gasteiger charge is 2.21. The zero-order chi connectivity index (χ0) is 6.85. The Balaban J connectivity index is 2.44. The smallest absolute Gasteiger partial charge is 0.222 e. The van der Waals surface area contributed by atoms with E-state index in [0.717, 1.165) is 6.42 Å². The van der Waals surface area contributed by atoms with Crippen LogP contribution >= 0.6 is 0 Å². The molecule has 0 aromatic rings. The molecule has 0 aromatic heterocycles. The predicted molar refractivity (Wildman–Crippen MR) is 34.8 cm³/mol. The lowest BCUT2D eigenvalue weighted by Gasteiger charge is -2.23. The van der Waals surface area contributed by atoms with Crippen molar-refractivity contribution in [2.75, 3.05) is 6.54 Å². The first-order valence-electron chi connectivity index (χ1n) is 3.23. The molecule has 0 saturated carbocycles. The molecule has 3 N–H and O–H groups in total. The van der Waals surface area contributed by atoms with Crippen LogP contribution < -0.4 is 11.1 Å². The summed E-state index contributed by atoms with van der Waals surface area (Å²) in [6.07, 6.45) is 0.825. The second-order valence-electron chi connectivity index (χ2n) is 2.64. The molecule has 0 spiro atoms. The summed E-state index contributed by atoms with van der Waals surface area (Å²) in [6.45, 7) is 2.54. The number of nitrogens with two attached hydrogens (primary N) is 1. The van der Waals surface area contributed by atoms with E-state index in [9.17, 15) is 4.79 Å². The van der Waals surface area contributed by atoms with Gasteiger partial charge in [-0.1, -0.05) is 6.92 Å². The molecule has 3 nitrogen and oxygen atoms in total. The molecule has 0 bridgehead atoms. The van der Waals surface area contributed by atoms with Gasteiger partial charge in [-0.15, -0.1) is 0 Å². The summed E-state index contributed by atoms with van der Waals surface area (Å²) in [7, 11) is 0. The van der Waals surface area contributed by atoms with Gasteiger partial charge in [-0.3, -0.25) is 4.79 Å². The van der Waals surface area contributed by atoms with Crippen LogP contribution in [-0.4, -0.2) is 18.5 Å². The van der Waals surface area contributed by atoms with E-state index in [2.05, 4.69) is 5.32 Å². The van der Waals surface area contributed by atoms with Crippen molar-refractivity contribution in [3.05, 3.63) is 0 Å². The van der Waals surface area contributed by atoms with Crippen LogP contribution in [0, 0.1) is 5.92 Å². The molecular weight excluding hydrogens is 116 g/mol. The third-order valence-electron chi connectivity index (χ3n) is 1.64. The van der Waals surface area contributed by atoms with Crippen molar-refractivity contribution in [2.45, 2.75) is 19.4 Å². The number of carbonyl (C=O) groups excluding carboxylic acids is 1.